The number of methoxy groups -OCH3 is 1. The highest BCUT2D eigenvalue weighted by Gasteiger charge is 2.41. The van der Waals surface area contributed by atoms with Crippen LogP contribution in [0.1, 0.15) is 45.9 Å². The minimum absolute atomic E-state index is 0.108. The summed E-state index contributed by atoms with van der Waals surface area (Å²) in [6, 6.07) is 23.6. The highest BCUT2D eigenvalue weighted by molar-refractivity contribution is 7.80. The Morgan fingerprint density at radius 3 is 2.69 bits per heavy atom. The first kappa shape index (κ1) is 26.1. The van der Waals surface area contributed by atoms with Crippen LogP contribution in [0.2, 0.25) is 0 Å². The summed E-state index contributed by atoms with van der Waals surface area (Å²) >= 11 is 5.72. The lowest BCUT2D eigenvalue weighted by atomic mass is 10.0. The molecule has 4 aromatic rings. The van der Waals surface area contributed by atoms with Crippen molar-refractivity contribution in [3.63, 3.8) is 0 Å². The molecule has 3 heterocycles. The second-order valence-electron chi connectivity index (χ2n) is 9.26. The van der Waals surface area contributed by atoms with Crippen molar-refractivity contribution < 1.29 is 18.7 Å². The normalized spacial score (nSPS) is 16.6. The number of nitrogens with one attached hydrogen (secondary N) is 2. The second-order valence-corrected chi connectivity index (χ2v) is 9.65. The third kappa shape index (κ3) is 5.83. The summed E-state index contributed by atoms with van der Waals surface area (Å²) in [6.07, 6.45) is 1.97. The zero-order valence-corrected chi connectivity index (χ0v) is 22.4. The Morgan fingerprint density at radius 2 is 1.92 bits per heavy atom. The predicted molar refractivity (Wildman–Crippen MR) is 152 cm³/mol. The molecule has 1 aliphatic heterocycles. The van der Waals surface area contributed by atoms with E-state index in [-0.39, 0.29) is 24.4 Å². The summed E-state index contributed by atoms with van der Waals surface area (Å²) in [4.78, 5) is 31.4. The number of benzene rings is 2. The van der Waals surface area contributed by atoms with Crippen molar-refractivity contribution in [3.8, 4) is 11.3 Å². The maximum atomic E-state index is 12.8. The van der Waals surface area contributed by atoms with Crippen molar-refractivity contribution in [1.82, 2.24) is 15.2 Å². The molecule has 198 valence electrons. The maximum Gasteiger partial charge on any atom is 0.337 e. The molecule has 0 aliphatic carbocycles. The fourth-order valence-corrected chi connectivity index (χ4v) is 5.04. The standard InChI is InChI=1S/C30H28N4O4S/c1-19-7-5-10-22(17-19)32-26(35)14-16-34-28(27(33-30(34)39)23-11-3-4-15-31-23)25-13-12-24(38-25)20-8-6-9-21(18-20)29(36)37-2/h3-13,15,17-18,27-28H,14,16H2,1-2H3,(H,32,35)(H,33,39)/t27-,28+/m0/s1. The van der Waals surface area contributed by atoms with Crippen molar-refractivity contribution in [3.05, 3.63) is 108 Å². The van der Waals surface area contributed by atoms with Crippen molar-refractivity contribution >= 4 is 34.9 Å². The Hall–Kier alpha value is -4.50. The number of pyridine rings is 1. The summed E-state index contributed by atoms with van der Waals surface area (Å²) in [5, 5.41) is 6.85. The van der Waals surface area contributed by atoms with Gasteiger partial charge in [0.05, 0.1) is 24.4 Å². The molecule has 2 atom stereocenters. The molecule has 1 amide bonds. The lowest BCUT2D eigenvalue weighted by Gasteiger charge is -2.25. The smallest absolute Gasteiger partial charge is 0.337 e. The number of anilines is 1. The molecular formula is C30H28N4O4S. The first-order valence-corrected chi connectivity index (χ1v) is 13.0. The van der Waals surface area contributed by atoms with E-state index < -0.39 is 5.97 Å². The number of furan rings is 1. The zero-order valence-electron chi connectivity index (χ0n) is 21.6. The number of ether oxygens (including phenoxy) is 1. The van der Waals surface area contributed by atoms with Crippen LogP contribution in [0, 0.1) is 6.92 Å². The highest BCUT2D eigenvalue weighted by Crippen LogP contribution is 2.40. The first-order chi connectivity index (χ1) is 18.9. The van der Waals surface area contributed by atoms with E-state index in [1.807, 2.05) is 72.5 Å². The van der Waals surface area contributed by atoms with Crippen LogP contribution in [0.5, 0.6) is 0 Å². The highest BCUT2D eigenvalue weighted by atomic mass is 32.1. The first-order valence-electron chi connectivity index (χ1n) is 12.6. The fraction of sp³-hybridized carbons (Fsp3) is 0.200. The van der Waals surface area contributed by atoms with E-state index in [2.05, 4.69) is 15.6 Å². The Kier molecular flexibility index (Phi) is 7.69. The van der Waals surface area contributed by atoms with Gasteiger partial charge in [-0.1, -0.05) is 30.3 Å². The van der Waals surface area contributed by atoms with Gasteiger partial charge in [0, 0.05) is 30.4 Å². The number of nitrogens with zero attached hydrogens (tertiary/aromatic N) is 2. The minimum Gasteiger partial charge on any atom is -0.465 e. The molecule has 9 heteroatoms. The van der Waals surface area contributed by atoms with Crippen LogP contribution in [0.4, 0.5) is 5.69 Å². The van der Waals surface area contributed by atoms with Crippen LogP contribution in [0.15, 0.2) is 89.5 Å². The Labute approximate surface area is 232 Å². The van der Waals surface area contributed by atoms with E-state index in [0.29, 0.717) is 28.7 Å². The van der Waals surface area contributed by atoms with E-state index in [4.69, 9.17) is 21.4 Å². The van der Waals surface area contributed by atoms with Crippen LogP contribution < -0.4 is 10.6 Å². The monoisotopic (exact) mass is 540 g/mol. The van der Waals surface area contributed by atoms with Crippen LogP contribution >= 0.6 is 12.2 Å². The van der Waals surface area contributed by atoms with Crippen molar-refractivity contribution in [2.45, 2.75) is 25.4 Å². The van der Waals surface area contributed by atoms with Crippen LogP contribution in [-0.4, -0.2) is 40.5 Å². The van der Waals surface area contributed by atoms with Gasteiger partial charge in [-0.15, -0.1) is 0 Å². The predicted octanol–water partition coefficient (Wildman–Crippen LogP) is 5.44. The van der Waals surface area contributed by atoms with Crippen LogP contribution in [0.25, 0.3) is 11.3 Å². The average molecular weight is 541 g/mol. The van der Waals surface area contributed by atoms with Crippen LogP contribution in [-0.2, 0) is 9.53 Å². The SMILES string of the molecule is COC(=O)c1cccc(-c2ccc([C@@H]3[C@H](c4ccccn4)NC(=S)N3CCC(=O)Nc3cccc(C)c3)o2)c1. The molecule has 0 saturated carbocycles. The molecule has 1 saturated heterocycles. The number of thiocarbonyl (C=S) groups is 1. The van der Waals surface area contributed by atoms with Gasteiger partial charge in [0.25, 0.3) is 0 Å². The van der Waals surface area contributed by atoms with Gasteiger partial charge in [-0.05, 0) is 73.2 Å². The quantitative estimate of drug-likeness (QED) is 0.225. The van der Waals surface area contributed by atoms with Crippen molar-refractivity contribution in [2.75, 3.05) is 19.0 Å². The van der Waals surface area contributed by atoms with E-state index in [1.54, 1.807) is 24.4 Å². The summed E-state index contributed by atoms with van der Waals surface area (Å²) in [5.74, 6) is 0.739. The van der Waals surface area contributed by atoms with E-state index >= 15 is 0 Å². The number of carbonyl (C=O) groups excluding carboxylic acids is 2. The van der Waals surface area contributed by atoms with Gasteiger partial charge in [-0.3, -0.25) is 9.78 Å². The number of amides is 1. The van der Waals surface area contributed by atoms with Gasteiger partial charge in [-0.2, -0.15) is 0 Å². The molecular weight excluding hydrogens is 512 g/mol. The lowest BCUT2D eigenvalue weighted by Crippen LogP contribution is -2.32. The molecule has 0 unspecified atom stereocenters. The number of aromatic nitrogens is 1. The number of hydrogen-bond acceptors (Lipinski definition) is 6. The average Bonchev–Trinajstić information content (AvgIpc) is 3.56. The molecule has 5 rings (SSSR count). The molecule has 2 aromatic carbocycles. The number of aryl methyl sites for hydroxylation is 1. The van der Waals surface area contributed by atoms with E-state index in [9.17, 15) is 9.59 Å². The number of carbonyl (C=O) groups is 2. The summed E-state index contributed by atoms with van der Waals surface area (Å²) in [7, 11) is 1.35. The molecule has 1 aliphatic rings. The summed E-state index contributed by atoms with van der Waals surface area (Å²) in [5.41, 5.74) is 3.82. The van der Waals surface area contributed by atoms with Gasteiger partial charge < -0.3 is 24.7 Å². The molecule has 2 aromatic heterocycles. The third-order valence-corrected chi connectivity index (χ3v) is 6.92. The van der Waals surface area contributed by atoms with Crippen LogP contribution in [0.3, 0.4) is 0 Å². The van der Waals surface area contributed by atoms with E-state index in [0.717, 1.165) is 22.5 Å². The molecule has 0 spiro atoms. The second kappa shape index (κ2) is 11.5. The molecule has 0 bridgehead atoms. The van der Waals surface area contributed by atoms with Gasteiger partial charge >= 0.3 is 5.97 Å². The van der Waals surface area contributed by atoms with Crippen molar-refractivity contribution in [1.29, 1.82) is 0 Å². The van der Waals surface area contributed by atoms with Crippen molar-refractivity contribution in [2.24, 2.45) is 0 Å². The largest absolute Gasteiger partial charge is 0.465 e. The topological polar surface area (TPSA) is 96.7 Å². The van der Waals surface area contributed by atoms with Gasteiger partial charge in [-0.25, -0.2) is 4.79 Å². The summed E-state index contributed by atoms with van der Waals surface area (Å²) in [6.45, 7) is 2.36. The third-order valence-electron chi connectivity index (χ3n) is 6.57. The van der Waals surface area contributed by atoms with Gasteiger partial charge in [0.15, 0.2) is 5.11 Å². The molecule has 2 N–H and O–H groups in total. The fourth-order valence-electron chi connectivity index (χ4n) is 4.71. The summed E-state index contributed by atoms with van der Waals surface area (Å²) < 4.78 is 11.2. The Balaban J connectivity index is 1.41. The Bertz CT molecular complexity index is 1500. The zero-order chi connectivity index (χ0) is 27.4. The molecule has 0 radical (unpaired) electrons. The maximum absolute atomic E-state index is 12.8. The number of esters is 1. The molecule has 39 heavy (non-hydrogen) atoms. The minimum atomic E-state index is -0.417. The molecule has 1 fully saturated rings. The Morgan fingerprint density at radius 1 is 1.08 bits per heavy atom. The van der Waals surface area contributed by atoms with Gasteiger partial charge in [0.2, 0.25) is 5.91 Å². The molecule has 8 nitrogen and oxygen atoms in total. The van der Waals surface area contributed by atoms with Gasteiger partial charge in [0.1, 0.15) is 17.6 Å². The van der Waals surface area contributed by atoms with E-state index in [1.165, 1.54) is 7.11 Å². The number of hydrogen-bond donors (Lipinski definition) is 2. The number of rotatable bonds is 8. The lowest BCUT2D eigenvalue weighted by molar-refractivity contribution is -0.116.